The van der Waals surface area contributed by atoms with Gasteiger partial charge in [0, 0.05) is 23.3 Å². The number of ether oxygens (including phenoxy) is 2. The number of nitrogens with zero attached hydrogens (tertiary/aromatic N) is 1. The molecule has 12 heteroatoms. The van der Waals surface area contributed by atoms with Gasteiger partial charge in [0.05, 0.1) is 20.4 Å². The number of nitro benzene ring substituents is 1. The molecule has 8 nitrogen and oxygen atoms in total. The lowest BCUT2D eigenvalue weighted by Gasteiger charge is -2.20. The van der Waals surface area contributed by atoms with Gasteiger partial charge in [0.1, 0.15) is 11.1 Å². The van der Waals surface area contributed by atoms with Gasteiger partial charge in [0.25, 0.3) is 5.69 Å². The maximum Gasteiger partial charge on any atom is 0.313 e. The van der Waals surface area contributed by atoms with Crippen LogP contribution < -0.4 is 10.0 Å². The Bertz CT molecular complexity index is 1060. The van der Waals surface area contributed by atoms with Crippen molar-refractivity contribution in [2.45, 2.75) is 27.7 Å². The van der Waals surface area contributed by atoms with Gasteiger partial charge >= 0.3 is 5.97 Å². The molecular weight excluding hydrogens is 504 g/mol. The summed E-state index contributed by atoms with van der Waals surface area (Å²) in [6, 6.07) is 6.49. The Morgan fingerprint density at radius 1 is 1.12 bits per heavy atom. The SMILES string of the molecule is CCP(=O)(OCOC(=O)C(C)(C)C)c1cc(Oc2c(Cl)cc(Cl)cc2Cl)ccc1[N+](=O)[O-]. The molecule has 2 aromatic rings. The summed E-state index contributed by atoms with van der Waals surface area (Å²) >= 11 is 18.2. The fourth-order valence-corrected chi connectivity index (χ4v) is 5.06. The van der Waals surface area contributed by atoms with Crippen LogP contribution in [0.25, 0.3) is 0 Å². The predicted octanol–water partition coefficient (Wildman–Crippen LogP) is 6.83. The number of hydrogen-bond acceptors (Lipinski definition) is 7. The zero-order valence-corrected chi connectivity index (χ0v) is 20.8. The van der Waals surface area contributed by atoms with Gasteiger partial charge < -0.3 is 9.47 Å². The van der Waals surface area contributed by atoms with Gasteiger partial charge in [-0.3, -0.25) is 24.0 Å². The smallest absolute Gasteiger partial charge is 0.313 e. The fourth-order valence-electron chi connectivity index (χ4n) is 2.45. The molecule has 0 aliphatic carbocycles. The molecule has 0 radical (unpaired) electrons. The summed E-state index contributed by atoms with van der Waals surface area (Å²) in [4.78, 5) is 22.8. The van der Waals surface area contributed by atoms with Crippen LogP contribution in [0.4, 0.5) is 5.69 Å². The quantitative estimate of drug-likeness (QED) is 0.122. The van der Waals surface area contributed by atoms with Crippen molar-refractivity contribution in [3.05, 3.63) is 55.5 Å². The Balaban J connectivity index is 2.40. The molecule has 0 saturated heterocycles. The van der Waals surface area contributed by atoms with Gasteiger partial charge in [-0.2, -0.15) is 0 Å². The second-order valence-electron chi connectivity index (χ2n) is 7.63. The third-order valence-corrected chi connectivity index (χ3v) is 7.40. The monoisotopic (exact) mass is 523 g/mol. The van der Waals surface area contributed by atoms with Gasteiger partial charge in [-0.15, -0.1) is 0 Å². The molecule has 0 fully saturated rings. The average Bonchev–Trinajstić information content (AvgIpc) is 2.69. The molecule has 1 atom stereocenters. The van der Waals surface area contributed by atoms with Crippen molar-refractivity contribution in [3.8, 4) is 11.5 Å². The molecular formula is C20H21Cl3NO7P. The summed E-state index contributed by atoms with van der Waals surface area (Å²) in [5.74, 6) is -0.414. The largest absolute Gasteiger partial charge is 0.454 e. The second kappa shape index (κ2) is 10.4. The molecule has 2 rings (SSSR count). The van der Waals surface area contributed by atoms with E-state index in [-0.39, 0.29) is 33.0 Å². The summed E-state index contributed by atoms with van der Waals surface area (Å²) in [6.45, 7) is 5.85. The van der Waals surface area contributed by atoms with Gasteiger partial charge in [-0.1, -0.05) is 41.7 Å². The van der Waals surface area contributed by atoms with Crippen molar-refractivity contribution >= 4 is 59.1 Å². The van der Waals surface area contributed by atoms with E-state index in [9.17, 15) is 19.5 Å². The number of nitro groups is 1. The number of carbonyl (C=O) groups is 1. The first-order chi connectivity index (χ1) is 14.8. The molecule has 0 aromatic heterocycles. The van der Waals surface area contributed by atoms with Crippen LogP contribution in [0.15, 0.2) is 30.3 Å². The topological polar surface area (TPSA) is 105 Å². The van der Waals surface area contributed by atoms with Crippen LogP contribution in [-0.2, 0) is 18.6 Å². The molecule has 0 aliphatic rings. The minimum atomic E-state index is -3.80. The number of esters is 1. The van der Waals surface area contributed by atoms with Crippen LogP contribution in [0, 0.1) is 15.5 Å². The van der Waals surface area contributed by atoms with E-state index in [0.717, 1.165) is 6.07 Å². The summed E-state index contributed by atoms with van der Waals surface area (Å²) in [7, 11) is -3.80. The molecule has 0 heterocycles. The number of carbonyl (C=O) groups excluding carboxylic acids is 1. The van der Waals surface area contributed by atoms with E-state index >= 15 is 0 Å². The lowest BCUT2D eigenvalue weighted by atomic mass is 9.98. The molecule has 1 unspecified atom stereocenters. The molecule has 32 heavy (non-hydrogen) atoms. The van der Waals surface area contributed by atoms with E-state index < -0.39 is 36.2 Å². The van der Waals surface area contributed by atoms with Crippen LogP contribution >= 0.6 is 42.2 Å². The zero-order valence-electron chi connectivity index (χ0n) is 17.7. The van der Waals surface area contributed by atoms with Crippen LogP contribution in [0.1, 0.15) is 27.7 Å². The zero-order chi connectivity index (χ0) is 24.3. The maximum absolute atomic E-state index is 13.5. The minimum absolute atomic E-state index is 0.0730. The third kappa shape index (κ3) is 6.36. The Hall–Kier alpha value is -1.83. The highest BCUT2D eigenvalue weighted by Gasteiger charge is 2.34. The first-order valence-corrected chi connectivity index (χ1v) is 12.2. The first kappa shape index (κ1) is 26.4. The first-order valence-electron chi connectivity index (χ1n) is 9.30. The number of halogens is 3. The Kier molecular flexibility index (Phi) is 8.59. The van der Waals surface area contributed by atoms with Gasteiger partial charge in [0.15, 0.2) is 12.5 Å². The number of hydrogen-bond donors (Lipinski definition) is 0. The Morgan fingerprint density at radius 3 is 2.22 bits per heavy atom. The highest BCUT2D eigenvalue weighted by atomic mass is 35.5. The Labute approximate surface area is 200 Å². The van der Waals surface area contributed by atoms with Gasteiger partial charge in [0.2, 0.25) is 7.37 Å². The van der Waals surface area contributed by atoms with Crippen LogP contribution in [-0.4, -0.2) is 23.8 Å². The fraction of sp³-hybridized carbons (Fsp3) is 0.350. The maximum atomic E-state index is 13.5. The van der Waals surface area contributed by atoms with E-state index in [1.54, 1.807) is 20.8 Å². The van der Waals surface area contributed by atoms with E-state index in [1.165, 1.54) is 31.2 Å². The van der Waals surface area contributed by atoms with E-state index in [0.29, 0.717) is 5.02 Å². The Morgan fingerprint density at radius 2 is 1.72 bits per heavy atom. The molecule has 0 aliphatic heterocycles. The van der Waals surface area contributed by atoms with Crippen LogP contribution in [0.2, 0.25) is 15.1 Å². The van der Waals surface area contributed by atoms with Crippen molar-refractivity contribution in [3.63, 3.8) is 0 Å². The standard InChI is InChI=1S/C20H21Cl3NO7P/c1-5-32(28,30-11-29-19(25)20(2,3)4)17-10-13(6-7-16(17)24(26)27)31-18-14(22)8-12(21)9-15(18)23/h6-10H,5,11H2,1-4H3. The van der Waals surface area contributed by atoms with Gasteiger partial charge in [-0.05, 0) is 39.0 Å². The molecule has 0 bridgehead atoms. The van der Waals surface area contributed by atoms with Crippen molar-refractivity contribution in [2.24, 2.45) is 5.41 Å². The summed E-state index contributed by atoms with van der Waals surface area (Å²) in [5, 5.41) is 11.9. The highest BCUT2D eigenvalue weighted by Crippen LogP contribution is 2.49. The third-order valence-electron chi connectivity index (χ3n) is 4.17. The van der Waals surface area contributed by atoms with Crippen molar-refractivity contribution < 1.29 is 28.3 Å². The lowest BCUT2D eigenvalue weighted by molar-refractivity contribution is -0.383. The molecule has 0 spiro atoms. The normalized spacial score (nSPS) is 13.3. The predicted molar refractivity (Wildman–Crippen MR) is 124 cm³/mol. The number of rotatable bonds is 8. The summed E-state index contributed by atoms with van der Waals surface area (Å²) in [6.07, 6.45) is -0.0905. The van der Waals surface area contributed by atoms with Gasteiger partial charge in [-0.25, -0.2) is 0 Å². The van der Waals surface area contributed by atoms with E-state index in [1.807, 2.05) is 0 Å². The molecule has 0 N–H and O–H groups in total. The van der Waals surface area contributed by atoms with Crippen LogP contribution in [0.3, 0.4) is 0 Å². The van der Waals surface area contributed by atoms with Crippen LogP contribution in [0.5, 0.6) is 11.5 Å². The molecule has 0 amide bonds. The number of benzene rings is 2. The lowest BCUT2D eigenvalue weighted by Crippen LogP contribution is -2.24. The molecule has 174 valence electrons. The average molecular weight is 525 g/mol. The highest BCUT2D eigenvalue weighted by molar-refractivity contribution is 7.67. The second-order valence-corrected chi connectivity index (χ2v) is 11.6. The van der Waals surface area contributed by atoms with Crippen molar-refractivity contribution in [2.75, 3.05) is 13.0 Å². The van der Waals surface area contributed by atoms with E-state index in [2.05, 4.69) is 0 Å². The van der Waals surface area contributed by atoms with Crippen molar-refractivity contribution in [1.29, 1.82) is 0 Å². The summed E-state index contributed by atoms with van der Waals surface area (Å²) in [5.41, 5.74) is -1.23. The summed E-state index contributed by atoms with van der Waals surface area (Å²) < 4.78 is 29.6. The van der Waals surface area contributed by atoms with Crippen molar-refractivity contribution in [1.82, 2.24) is 0 Å². The molecule has 0 saturated carbocycles. The van der Waals surface area contributed by atoms with E-state index in [4.69, 9.17) is 48.8 Å². The minimum Gasteiger partial charge on any atom is -0.454 e. The molecule has 2 aromatic carbocycles.